The van der Waals surface area contributed by atoms with Crippen LogP contribution < -0.4 is 0 Å². The summed E-state index contributed by atoms with van der Waals surface area (Å²) in [5.74, 6) is -2.33. The number of hydrogen-bond donors (Lipinski definition) is 0. The highest BCUT2D eigenvalue weighted by Gasteiger charge is 2.59. The van der Waals surface area contributed by atoms with Crippen molar-refractivity contribution in [3.63, 3.8) is 0 Å². The number of benzene rings is 2. The molecule has 0 spiro atoms. The molecular weight excluding hydrogens is 469 g/mol. The molecule has 33 heavy (non-hydrogen) atoms. The first-order valence-corrected chi connectivity index (χ1v) is 11.3. The lowest BCUT2D eigenvalue weighted by Gasteiger charge is -2.38. The highest BCUT2D eigenvalue weighted by Crippen LogP contribution is 2.56. The van der Waals surface area contributed by atoms with Gasteiger partial charge in [0.05, 0.1) is 30.8 Å². The SMILES string of the molecule is COC(=O)CN1CC(CC(C)(C)C)C(C#N)(c2ccc(Cl)cc2F)C1c1cccc(Cl)c1F. The molecule has 1 fully saturated rings. The maximum Gasteiger partial charge on any atom is 0.319 e. The van der Waals surface area contributed by atoms with Gasteiger partial charge in [-0.3, -0.25) is 9.69 Å². The van der Waals surface area contributed by atoms with Gasteiger partial charge in [0.15, 0.2) is 0 Å². The molecule has 0 aromatic heterocycles. The topological polar surface area (TPSA) is 53.3 Å². The van der Waals surface area contributed by atoms with Gasteiger partial charge in [0.1, 0.15) is 17.0 Å². The van der Waals surface area contributed by atoms with Crippen LogP contribution in [0.15, 0.2) is 36.4 Å². The molecule has 8 heteroatoms. The Kier molecular flexibility index (Phi) is 7.38. The molecule has 0 amide bonds. The van der Waals surface area contributed by atoms with Gasteiger partial charge in [-0.25, -0.2) is 8.78 Å². The van der Waals surface area contributed by atoms with Crippen LogP contribution in [-0.2, 0) is 14.9 Å². The van der Waals surface area contributed by atoms with E-state index in [4.69, 9.17) is 27.9 Å². The molecule has 1 aliphatic rings. The van der Waals surface area contributed by atoms with E-state index < -0.39 is 35.0 Å². The summed E-state index contributed by atoms with van der Waals surface area (Å²) in [6, 6.07) is 10.0. The molecule has 0 saturated carbocycles. The van der Waals surface area contributed by atoms with Crippen LogP contribution in [0.25, 0.3) is 0 Å². The van der Waals surface area contributed by atoms with Gasteiger partial charge in [-0.1, -0.05) is 62.2 Å². The summed E-state index contributed by atoms with van der Waals surface area (Å²) in [5.41, 5.74) is -1.50. The fraction of sp³-hybridized carbons (Fsp3) is 0.440. The summed E-state index contributed by atoms with van der Waals surface area (Å²) < 4.78 is 35.6. The Morgan fingerprint density at radius 2 is 1.97 bits per heavy atom. The third kappa shape index (κ3) is 4.87. The van der Waals surface area contributed by atoms with Crippen molar-refractivity contribution in [3.8, 4) is 6.07 Å². The Balaban J connectivity index is 2.35. The van der Waals surface area contributed by atoms with Crippen LogP contribution in [0.2, 0.25) is 10.0 Å². The van der Waals surface area contributed by atoms with Crippen molar-refractivity contribution >= 4 is 29.2 Å². The first kappa shape index (κ1) is 25.4. The van der Waals surface area contributed by atoms with E-state index in [1.165, 1.54) is 31.4 Å². The second kappa shape index (κ2) is 9.58. The summed E-state index contributed by atoms with van der Waals surface area (Å²) >= 11 is 12.1. The summed E-state index contributed by atoms with van der Waals surface area (Å²) in [4.78, 5) is 14.0. The van der Waals surface area contributed by atoms with Crippen molar-refractivity contribution < 1.29 is 18.3 Å². The lowest BCUT2D eigenvalue weighted by Crippen LogP contribution is -2.40. The van der Waals surface area contributed by atoms with E-state index in [1.54, 1.807) is 11.0 Å². The Bertz CT molecular complexity index is 1100. The van der Waals surface area contributed by atoms with E-state index in [9.17, 15) is 10.1 Å². The van der Waals surface area contributed by atoms with E-state index in [0.717, 1.165) is 6.07 Å². The molecule has 3 rings (SSSR count). The minimum absolute atomic E-state index is 0.111. The van der Waals surface area contributed by atoms with Gasteiger partial charge in [0, 0.05) is 22.7 Å². The summed E-state index contributed by atoms with van der Waals surface area (Å²) in [7, 11) is 1.26. The number of carbonyl (C=O) groups excluding carboxylic acids is 1. The Labute approximate surface area is 203 Å². The number of likely N-dealkylation sites (tertiary alicyclic amines) is 1. The molecule has 2 aromatic rings. The van der Waals surface area contributed by atoms with Crippen LogP contribution in [0, 0.1) is 34.3 Å². The van der Waals surface area contributed by atoms with Gasteiger partial charge in [-0.05, 0) is 36.0 Å². The minimum Gasteiger partial charge on any atom is -0.468 e. The molecular formula is C25H26Cl2F2N2O2. The van der Waals surface area contributed by atoms with Crippen LogP contribution in [0.1, 0.15) is 44.4 Å². The fourth-order valence-electron chi connectivity index (χ4n) is 4.97. The van der Waals surface area contributed by atoms with Gasteiger partial charge in [-0.15, -0.1) is 0 Å². The van der Waals surface area contributed by atoms with Crippen LogP contribution in [0.4, 0.5) is 8.78 Å². The van der Waals surface area contributed by atoms with Gasteiger partial charge < -0.3 is 4.74 Å². The average Bonchev–Trinajstić information content (AvgIpc) is 3.01. The fourth-order valence-corrected chi connectivity index (χ4v) is 5.31. The molecule has 176 valence electrons. The lowest BCUT2D eigenvalue weighted by atomic mass is 9.63. The number of nitriles is 1. The Hall–Kier alpha value is -2.20. The standard InChI is InChI=1S/C25H26Cl2F2N2O2/c1-24(2,3)11-15-12-31(13-21(32)33-4)23(17-6-5-7-19(27)22(17)29)25(15,14-30)18-9-8-16(26)10-20(18)28/h5-10,15,23H,11-13H2,1-4H3. The van der Waals surface area contributed by atoms with E-state index in [2.05, 4.69) is 6.07 Å². The van der Waals surface area contributed by atoms with Crippen molar-refractivity contribution in [1.29, 1.82) is 5.26 Å². The highest BCUT2D eigenvalue weighted by atomic mass is 35.5. The number of halogens is 4. The molecule has 3 atom stereocenters. The molecule has 0 N–H and O–H groups in total. The zero-order chi connectivity index (χ0) is 24.6. The van der Waals surface area contributed by atoms with Crippen LogP contribution in [0.3, 0.4) is 0 Å². The van der Waals surface area contributed by atoms with Gasteiger partial charge in [0.2, 0.25) is 0 Å². The van der Waals surface area contributed by atoms with Crippen molar-refractivity contribution in [1.82, 2.24) is 4.90 Å². The maximum absolute atomic E-state index is 15.4. The molecule has 2 aromatic carbocycles. The minimum atomic E-state index is -1.51. The molecule has 4 nitrogen and oxygen atoms in total. The Morgan fingerprint density at radius 3 is 2.55 bits per heavy atom. The van der Waals surface area contributed by atoms with Crippen molar-refractivity contribution in [2.45, 2.75) is 38.6 Å². The number of carbonyl (C=O) groups is 1. The Morgan fingerprint density at radius 1 is 1.27 bits per heavy atom. The summed E-state index contributed by atoms with van der Waals surface area (Å²) in [5, 5.41) is 10.8. The maximum atomic E-state index is 15.4. The van der Waals surface area contributed by atoms with Gasteiger partial charge in [-0.2, -0.15) is 5.26 Å². The normalized spacial score (nSPS) is 23.4. The monoisotopic (exact) mass is 494 g/mol. The lowest BCUT2D eigenvalue weighted by molar-refractivity contribution is -0.142. The summed E-state index contributed by atoms with van der Waals surface area (Å²) in [6.07, 6.45) is 0.527. The molecule has 0 aliphatic carbocycles. The zero-order valence-corrected chi connectivity index (χ0v) is 20.5. The molecule has 0 radical (unpaired) electrons. The van der Waals surface area contributed by atoms with Crippen molar-refractivity contribution in [2.75, 3.05) is 20.2 Å². The second-order valence-electron chi connectivity index (χ2n) is 9.62. The second-order valence-corrected chi connectivity index (χ2v) is 10.5. The molecule has 0 bridgehead atoms. The van der Waals surface area contributed by atoms with E-state index in [-0.39, 0.29) is 39.7 Å². The van der Waals surface area contributed by atoms with Gasteiger partial charge >= 0.3 is 5.97 Å². The first-order chi connectivity index (χ1) is 15.4. The number of methoxy groups -OCH3 is 1. The molecule has 1 aliphatic heterocycles. The smallest absolute Gasteiger partial charge is 0.319 e. The number of esters is 1. The number of nitrogens with zero attached hydrogens (tertiary/aromatic N) is 2. The average molecular weight is 495 g/mol. The molecule has 3 unspecified atom stereocenters. The third-order valence-electron chi connectivity index (χ3n) is 6.15. The molecule has 1 saturated heterocycles. The molecule has 1 heterocycles. The van der Waals surface area contributed by atoms with Crippen LogP contribution in [-0.4, -0.2) is 31.1 Å². The number of hydrogen-bond acceptors (Lipinski definition) is 4. The van der Waals surface area contributed by atoms with Crippen LogP contribution in [0.5, 0.6) is 0 Å². The van der Waals surface area contributed by atoms with E-state index in [1.807, 2.05) is 20.8 Å². The van der Waals surface area contributed by atoms with E-state index >= 15 is 8.78 Å². The van der Waals surface area contributed by atoms with Crippen molar-refractivity contribution in [3.05, 3.63) is 69.2 Å². The predicted molar refractivity (Wildman–Crippen MR) is 124 cm³/mol. The largest absolute Gasteiger partial charge is 0.468 e. The quantitative estimate of drug-likeness (QED) is 0.456. The third-order valence-corrected chi connectivity index (χ3v) is 6.68. The number of rotatable bonds is 5. The highest BCUT2D eigenvalue weighted by molar-refractivity contribution is 6.31. The first-order valence-electron chi connectivity index (χ1n) is 10.6. The zero-order valence-electron chi connectivity index (χ0n) is 19.0. The van der Waals surface area contributed by atoms with E-state index in [0.29, 0.717) is 6.42 Å². The van der Waals surface area contributed by atoms with Crippen LogP contribution >= 0.6 is 23.2 Å². The number of ether oxygens (including phenoxy) is 1. The summed E-state index contributed by atoms with van der Waals surface area (Å²) in [6.45, 7) is 6.13. The van der Waals surface area contributed by atoms with Crippen molar-refractivity contribution in [2.24, 2.45) is 11.3 Å². The van der Waals surface area contributed by atoms with Gasteiger partial charge in [0.25, 0.3) is 0 Å². The predicted octanol–water partition coefficient (Wildman–Crippen LogP) is 6.32.